The first-order valence-corrected chi connectivity index (χ1v) is 9.77. The number of rotatable bonds is 2. The van der Waals surface area contributed by atoms with Crippen LogP contribution in [0.1, 0.15) is 52.5 Å². The second-order valence-electron chi connectivity index (χ2n) is 7.65. The molecule has 2 aromatic rings. The molecule has 4 rings (SSSR count). The molecule has 0 radical (unpaired) electrons. The van der Waals surface area contributed by atoms with Crippen molar-refractivity contribution < 1.29 is 9.59 Å². The zero-order chi connectivity index (χ0) is 18.8. The molecule has 1 aromatic heterocycles. The number of likely N-dealkylation sites (tertiary alicyclic amines) is 1. The number of anilines is 1. The smallest absolute Gasteiger partial charge is 0.259 e. The first-order chi connectivity index (χ1) is 13.1. The molecule has 5 nitrogen and oxygen atoms in total. The van der Waals surface area contributed by atoms with E-state index in [-0.39, 0.29) is 11.8 Å². The second kappa shape index (κ2) is 7.51. The van der Waals surface area contributed by atoms with Gasteiger partial charge in [-0.1, -0.05) is 25.1 Å². The summed E-state index contributed by atoms with van der Waals surface area (Å²) in [6.07, 6.45) is 7.26. The lowest BCUT2D eigenvalue weighted by atomic mass is 9.99. The molecule has 1 atom stereocenters. The zero-order valence-corrected chi connectivity index (χ0v) is 15.7. The number of para-hydroxylation sites is 1. The fraction of sp³-hybridized carbons (Fsp3) is 0.409. The Hall–Kier alpha value is -2.69. The number of benzene rings is 1. The minimum Gasteiger partial charge on any atom is -0.338 e. The Morgan fingerprint density at radius 2 is 1.81 bits per heavy atom. The summed E-state index contributed by atoms with van der Waals surface area (Å²) >= 11 is 0. The molecule has 0 spiro atoms. The molecule has 0 aliphatic carbocycles. The van der Waals surface area contributed by atoms with Crippen LogP contribution in [0.4, 0.5) is 5.69 Å². The summed E-state index contributed by atoms with van der Waals surface area (Å²) in [6.45, 7) is 4.42. The van der Waals surface area contributed by atoms with E-state index in [1.54, 1.807) is 18.5 Å². The summed E-state index contributed by atoms with van der Waals surface area (Å²) in [6, 6.07) is 9.73. The highest BCUT2D eigenvalue weighted by Gasteiger charge is 2.26. The highest BCUT2D eigenvalue weighted by Crippen LogP contribution is 2.28. The van der Waals surface area contributed by atoms with Crippen LogP contribution >= 0.6 is 0 Å². The molecular formula is C22H25N3O2. The number of amides is 2. The van der Waals surface area contributed by atoms with Gasteiger partial charge in [0.1, 0.15) is 0 Å². The number of hydrogen-bond donors (Lipinski definition) is 0. The van der Waals surface area contributed by atoms with Gasteiger partial charge >= 0.3 is 0 Å². The van der Waals surface area contributed by atoms with Crippen LogP contribution in [0.25, 0.3) is 0 Å². The van der Waals surface area contributed by atoms with Gasteiger partial charge in [-0.3, -0.25) is 14.6 Å². The summed E-state index contributed by atoms with van der Waals surface area (Å²) in [5.74, 6) is 0.407. The standard InChI is InChI=1S/C22H25N3O2/c1-16-6-4-10-24(15-16)21(26)18-12-19(14-23-13-18)22(27)25-11-5-8-17-7-2-3-9-20(17)25/h2-3,7,9,12-14,16H,4-6,8,10-11,15H2,1H3. The Morgan fingerprint density at radius 3 is 2.63 bits per heavy atom. The van der Waals surface area contributed by atoms with Crippen molar-refractivity contribution in [3.8, 4) is 0 Å². The van der Waals surface area contributed by atoms with E-state index < -0.39 is 0 Å². The van der Waals surface area contributed by atoms with E-state index >= 15 is 0 Å². The topological polar surface area (TPSA) is 53.5 Å². The van der Waals surface area contributed by atoms with E-state index in [1.807, 2.05) is 28.0 Å². The number of carbonyl (C=O) groups excluding carboxylic acids is 2. The third kappa shape index (κ3) is 3.59. The van der Waals surface area contributed by atoms with Gasteiger partial charge < -0.3 is 9.80 Å². The Kier molecular flexibility index (Phi) is 4.92. The van der Waals surface area contributed by atoms with Crippen LogP contribution in [0.2, 0.25) is 0 Å². The van der Waals surface area contributed by atoms with Crippen molar-refractivity contribution in [2.24, 2.45) is 5.92 Å². The second-order valence-corrected chi connectivity index (χ2v) is 7.65. The van der Waals surface area contributed by atoms with Crippen molar-refractivity contribution in [3.05, 3.63) is 59.4 Å². The molecule has 0 N–H and O–H groups in total. The normalized spacial score (nSPS) is 19.5. The Balaban J connectivity index is 1.58. The summed E-state index contributed by atoms with van der Waals surface area (Å²) in [7, 11) is 0. The number of aryl methyl sites for hydroxylation is 1. The van der Waals surface area contributed by atoms with Crippen molar-refractivity contribution in [2.75, 3.05) is 24.5 Å². The average Bonchev–Trinajstić information content (AvgIpc) is 2.72. The van der Waals surface area contributed by atoms with Crippen LogP contribution in [0.3, 0.4) is 0 Å². The predicted octanol–water partition coefficient (Wildman–Crippen LogP) is 3.55. The largest absolute Gasteiger partial charge is 0.338 e. The number of nitrogens with zero attached hydrogens (tertiary/aromatic N) is 3. The van der Waals surface area contributed by atoms with Gasteiger partial charge in [0.2, 0.25) is 0 Å². The van der Waals surface area contributed by atoms with Crippen LogP contribution in [0.5, 0.6) is 0 Å². The zero-order valence-electron chi connectivity index (χ0n) is 15.7. The fourth-order valence-corrected chi connectivity index (χ4v) is 4.13. The van der Waals surface area contributed by atoms with Gasteiger partial charge in [0.05, 0.1) is 11.1 Å². The van der Waals surface area contributed by atoms with Gasteiger partial charge in [0.15, 0.2) is 0 Å². The Bertz CT molecular complexity index is 864. The molecule has 1 fully saturated rings. The summed E-state index contributed by atoms with van der Waals surface area (Å²) in [5.41, 5.74) is 3.14. The molecule has 3 heterocycles. The van der Waals surface area contributed by atoms with Crippen molar-refractivity contribution in [1.29, 1.82) is 0 Å². The van der Waals surface area contributed by atoms with Crippen molar-refractivity contribution >= 4 is 17.5 Å². The monoisotopic (exact) mass is 363 g/mol. The molecule has 1 saturated heterocycles. The lowest BCUT2D eigenvalue weighted by Gasteiger charge is -2.31. The van der Waals surface area contributed by atoms with E-state index in [2.05, 4.69) is 18.0 Å². The molecule has 2 amide bonds. The highest BCUT2D eigenvalue weighted by molar-refractivity contribution is 6.08. The number of aromatic nitrogens is 1. The van der Waals surface area contributed by atoms with E-state index in [9.17, 15) is 9.59 Å². The van der Waals surface area contributed by atoms with Crippen LogP contribution in [-0.2, 0) is 6.42 Å². The van der Waals surface area contributed by atoms with Gasteiger partial charge in [0.25, 0.3) is 11.8 Å². The number of carbonyl (C=O) groups is 2. The Morgan fingerprint density at radius 1 is 1.04 bits per heavy atom. The molecule has 0 saturated carbocycles. The Labute approximate surface area is 160 Å². The maximum atomic E-state index is 13.1. The molecule has 27 heavy (non-hydrogen) atoms. The molecule has 1 aromatic carbocycles. The summed E-state index contributed by atoms with van der Waals surface area (Å²) < 4.78 is 0. The van der Waals surface area contributed by atoms with Crippen LogP contribution < -0.4 is 4.90 Å². The molecule has 2 aliphatic rings. The van der Waals surface area contributed by atoms with Gasteiger partial charge in [-0.25, -0.2) is 0 Å². The van der Waals surface area contributed by atoms with Gasteiger partial charge in [-0.05, 0) is 49.3 Å². The van der Waals surface area contributed by atoms with Crippen LogP contribution in [0.15, 0.2) is 42.7 Å². The summed E-state index contributed by atoms with van der Waals surface area (Å²) in [5, 5.41) is 0. The van der Waals surface area contributed by atoms with Crippen molar-refractivity contribution in [1.82, 2.24) is 9.88 Å². The van der Waals surface area contributed by atoms with Gasteiger partial charge in [-0.2, -0.15) is 0 Å². The summed E-state index contributed by atoms with van der Waals surface area (Å²) in [4.78, 5) is 33.9. The highest BCUT2D eigenvalue weighted by atomic mass is 16.2. The first-order valence-electron chi connectivity index (χ1n) is 9.77. The number of hydrogen-bond acceptors (Lipinski definition) is 3. The van der Waals surface area contributed by atoms with Crippen LogP contribution in [-0.4, -0.2) is 41.3 Å². The van der Waals surface area contributed by atoms with E-state index in [0.717, 1.165) is 44.5 Å². The van der Waals surface area contributed by atoms with Crippen molar-refractivity contribution in [2.45, 2.75) is 32.6 Å². The SMILES string of the molecule is CC1CCCN(C(=O)c2cncc(C(=O)N3CCCc4ccccc43)c2)C1. The molecule has 0 bridgehead atoms. The first kappa shape index (κ1) is 17.7. The third-order valence-electron chi connectivity index (χ3n) is 5.53. The minimum absolute atomic E-state index is 0.0252. The van der Waals surface area contributed by atoms with Crippen molar-refractivity contribution in [3.63, 3.8) is 0 Å². The molecule has 5 heteroatoms. The van der Waals surface area contributed by atoms with E-state index in [0.29, 0.717) is 23.6 Å². The minimum atomic E-state index is -0.0867. The molecule has 140 valence electrons. The predicted molar refractivity (Wildman–Crippen MR) is 105 cm³/mol. The van der Waals surface area contributed by atoms with Crippen LogP contribution in [0, 0.1) is 5.92 Å². The molecule has 2 aliphatic heterocycles. The number of pyridine rings is 1. The maximum Gasteiger partial charge on any atom is 0.259 e. The quantitative estimate of drug-likeness (QED) is 0.820. The van der Waals surface area contributed by atoms with E-state index in [4.69, 9.17) is 0 Å². The lowest BCUT2D eigenvalue weighted by Crippen LogP contribution is -2.39. The van der Waals surface area contributed by atoms with Gasteiger partial charge in [-0.15, -0.1) is 0 Å². The van der Waals surface area contributed by atoms with Gasteiger partial charge in [0, 0.05) is 37.7 Å². The lowest BCUT2D eigenvalue weighted by molar-refractivity contribution is 0.0682. The molecule has 1 unspecified atom stereocenters. The average molecular weight is 363 g/mol. The van der Waals surface area contributed by atoms with E-state index in [1.165, 1.54) is 5.56 Å². The third-order valence-corrected chi connectivity index (χ3v) is 5.53. The number of fused-ring (bicyclic) bond motifs is 1. The maximum absolute atomic E-state index is 13.1. The fourth-order valence-electron chi connectivity index (χ4n) is 4.13. The molecular weight excluding hydrogens is 338 g/mol. The number of piperidine rings is 1.